The van der Waals surface area contributed by atoms with Crippen LogP contribution in [-0.4, -0.2) is 30.3 Å². The molecule has 2 aromatic carbocycles. The van der Waals surface area contributed by atoms with E-state index in [1.807, 2.05) is 30.3 Å². The quantitative estimate of drug-likeness (QED) is 0.522. The summed E-state index contributed by atoms with van der Waals surface area (Å²) in [6, 6.07) is 14.0. The van der Waals surface area contributed by atoms with Crippen molar-refractivity contribution in [1.82, 2.24) is 30.3 Å². The molecule has 124 valence electrons. The van der Waals surface area contributed by atoms with Gasteiger partial charge in [0.1, 0.15) is 12.4 Å². The van der Waals surface area contributed by atoms with Gasteiger partial charge in [-0.2, -0.15) is 9.78 Å². The van der Waals surface area contributed by atoms with Crippen molar-refractivity contribution in [1.29, 1.82) is 0 Å². The number of tetrazole rings is 1. The number of aromatic nitrogens is 6. The van der Waals surface area contributed by atoms with Crippen molar-refractivity contribution in [2.45, 2.75) is 6.54 Å². The summed E-state index contributed by atoms with van der Waals surface area (Å²) in [6.45, 7) is 0.141. The average molecular weight is 401 g/mol. The van der Waals surface area contributed by atoms with E-state index in [9.17, 15) is 4.39 Å². The van der Waals surface area contributed by atoms with Crippen LogP contribution in [0.3, 0.4) is 0 Å². The molecule has 9 heteroatoms. The van der Waals surface area contributed by atoms with Crippen LogP contribution in [0.2, 0.25) is 0 Å². The van der Waals surface area contributed by atoms with Gasteiger partial charge >= 0.3 is 0 Å². The molecule has 0 bridgehead atoms. The molecule has 25 heavy (non-hydrogen) atoms. The van der Waals surface area contributed by atoms with Gasteiger partial charge in [0.05, 0.1) is 5.56 Å². The maximum absolute atomic E-state index is 13.9. The Balaban J connectivity index is 1.56. The number of nitrogens with zero attached hydrogens (tertiary/aromatic N) is 6. The largest absolute Gasteiger partial charge is 0.337 e. The summed E-state index contributed by atoms with van der Waals surface area (Å²) in [7, 11) is 0. The molecule has 0 spiro atoms. The third-order valence-corrected chi connectivity index (χ3v) is 3.89. The Morgan fingerprint density at radius 3 is 2.76 bits per heavy atom. The predicted molar refractivity (Wildman–Crippen MR) is 89.7 cm³/mol. The Morgan fingerprint density at radius 2 is 1.92 bits per heavy atom. The summed E-state index contributed by atoms with van der Waals surface area (Å²) in [4.78, 5) is 5.54. The van der Waals surface area contributed by atoms with Crippen LogP contribution >= 0.6 is 15.9 Å². The van der Waals surface area contributed by atoms with E-state index in [0.29, 0.717) is 5.82 Å². The van der Waals surface area contributed by atoms with Gasteiger partial charge in [0.2, 0.25) is 11.6 Å². The Bertz CT molecular complexity index is 1020. The zero-order chi connectivity index (χ0) is 17.2. The van der Waals surface area contributed by atoms with Crippen molar-refractivity contribution >= 4 is 15.9 Å². The van der Waals surface area contributed by atoms with E-state index < -0.39 is 5.82 Å². The normalized spacial score (nSPS) is 11.0. The molecule has 0 radical (unpaired) electrons. The number of rotatable bonds is 4. The van der Waals surface area contributed by atoms with Gasteiger partial charge in [-0.3, -0.25) is 0 Å². The second-order valence-electron chi connectivity index (χ2n) is 5.15. The molecule has 2 aromatic heterocycles. The topological polar surface area (TPSA) is 82.5 Å². The second-order valence-corrected chi connectivity index (χ2v) is 6.06. The van der Waals surface area contributed by atoms with Gasteiger partial charge in [-0.15, -0.1) is 10.2 Å². The number of benzene rings is 2. The van der Waals surface area contributed by atoms with Crippen molar-refractivity contribution in [2.24, 2.45) is 0 Å². The summed E-state index contributed by atoms with van der Waals surface area (Å²) < 4.78 is 19.8. The fourth-order valence-electron chi connectivity index (χ4n) is 2.23. The number of hydrogen-bond donors (Lipinski definition) is 0. The van der Waals surface area contributed by atoms with Crippen molar-refractivity contribution < 1.29 is 8.91 Å². The van der Waals surface area contributed by atoms with E-state index in [-0.39, 0.29) is 23.8 Å². The van der Waals surface area contributed by atoms with E-state index in [4.69, 9.17) is 4.52 Å². The summed E-state index contributed by atoms with van der Waals surface area (Å²) in [5, 5.41) is 16.1. The highest BCUT2D eigenvalue weighted by molar-refractivity contribution is 9.10. The first-order valence-electron chi connectivity index (χ1n) is 7.30. The van der Waals surface area contributed by atoms with Crippen LogP contribution in [0.4, 0.5) is 4.39 Å². The van der Waals surface area contributed by atoms with Gasteiger partial charge < -0.3 is 4.52 Å². The van der Waals surface area contributed by atoms with Gasteiger partial charge in [-0.05, 0) is 23.4 Å². The van der Waals surface area contributed by atoms with Gasteiger partial charge in [-0.1, -0.05) is 51.4 Å². The van der Waals surface area contributed by atoms with Crippen LogP contribution < -0.4 is 0 Å². The van der Waals surface area contributed by atoms with E-state index in [2.05, 4.69) is 41.5 Å². The third-order valence-electron chi connectivity index (χ3n) is 3.40. The standard InChI is InChI=1S/C16H10BrFN6O/c17-11-6-7-13(18)12(8-11)16-19-14(25-22-16)9-24-21-15(20-23-24)10-4-2-1-3-5-10/h1-8H,9H2. The summed E-state index contributed by atoms with van der Waals surface area (Å²) in [5.74, 6) is 0.489. The Labute approximate surface area is 149 Å². The molecule has 0 aliphatic carbocycles. The predicted octanol–water partition coefficient (Wildman–Crippen LogP) is 3.34. The molecule has 0 fully saturated rings. The minimum absolute atomic E-state index is 0.141. The molecule has 0 unspecified atom stereocenters. The highest BCUT2D eigenvalue weighted by atomic mass is 79.9. The van der Waals surface area contributed by atoms with Crippen LogP contribution in [0.25, 0.3) is 22.8 Å². The van der Waals surface area contributed by atoms with Crippen LogP contribution in [0, 0.1) is 5.82 Å². The first-order valence-corrected chi connectivity index (χ1v) is 8.09. The lowest BCUT2D eigenvalue weighted by Gasteiger charge is -1.97. The fourth-order valence-corrected chi connectivity index (χ4v) is 2.59. The Kier molecular flexibility index (Phi) is 4.06. The van der Waals surface area contributed by atoms with Crippen molar-refractivity contribution in [3.63, 3.8) is 0 Å². The molecule has 4 aromatic rings. The lowest BCUT2D eigenvalue weighted by atomic mass is 10.2. The van der Waals surface area contributed by atoms with Gasteiger partial charge in [0.15, 0.2) is 0 Å². The molecule has 0 amide bonds. The molecular formula is C16H10BrFN6O. The monoisotopic (exact) mass is 400 g/mol. The maximum atomic E-state index is 13.9. The van der Waals surface area contributed by atoms with E-state index in [1.165, 1.54) is 10.9 Å². The summed E-state index contributed by atoms with van der Waals surface area (Å²) in [5.41, 5.74) is 1.11. The van der Waals surface area contributed by atoms with Crippen LogP contribution in [0.1, 0.15) is 5.89 Å². The molecule has 0 aliphatic heterocycles. The minimum Gasteiger partial charge on any atom is -0.337 e. The molecule has 0 atom stereocenters. The Hall–Kier alpha value is -2.94. The highest BCUT2D eigenvalue weighted by Gasteiger charge is 2.15. The van der Waals surface area contributed by atoms with Crippen molar-refractivity contribution in [2.75, 3.05) is 0 Å². The van der Waals surface area contributed by atoms with Crippen LogP contribution in [0.5, 0.6) is 0 Å². The Morgan fingerprint density at radius 1 is 1.08 bits per heavy atom. The van der Waals surface area contributed by atoms with Crippen molar-refractivity contribution in [3.8, 4) is 22.8 Å². The zero-order valence-corrected chi connectivity index (χ0v) is 14.3. The summed E-state index contributed by atoms with van der Waals surface area (Å²) in [6.07, 6.45) is 0. The molecular weight excluding hydrogens is 391 g/mol. The highest BCUT2D eigenvalue weighted by Crippen LogP contribution is 2.24. The van der Waals surface area contributed by atoms with Gasteiger partial charge in [0.25, 0.3) is 5.89 Å². The van der Waals surface area contributed by atoms with E-state index >= 15 is 0 Å². The molecule has 0 aliphatic rings. The van der Waals surface area contributed by atoms with Crippen LogP contribution in [-0.2, 0) is 6.54 Å². The molecule has 0 saturated heterocycles. The molecule has 0 N–H and O–H groups in total. The van der Waals surface area contributed by atoms with E-state index in [1.54, 1.807) is 12.1 Å². The molecule has 0 saturated carbocycles. The first-order chi connectivity index (χ1) is 12.2. The smallest absolute Gasteiger partial charge is 0.250 e. The zero-order valence-electron chi connectivity index (χ0n) is 12.7. The second kappa shape index (κ2) is 6.52. The molecule has 4 rings (SSSR count). The maximum Gasteiger partial charge on any atom is 0.250 e. The number of halogens is 2. The van der Waals surface area contributed by atoms with E-state index in [0.717, 1.165) is 10.0 Å². The third kappa shape index (κ3) is 3.31. The molecule has 7 nitrogen and oxygen atoms in total. The van der Waals surface area contributed by atoms with Gasteiger partial charge in [0, 0.05) is 10.0 Å². The lowest BCUT2D eigenvalue weighted by Crippen LogP contribution is -2.04. The average Bonchev–Trinajstić information content (AvgIpc) is 3.28. The number of hydrogen-bond acceptors (Lipinski definition) is 6. The fraction of sp³-hybridized carbons (Fsp3) is 0.0625. The van der Waals surface area contributed by atoms with Crippen LogP contribution in [0.15, 0.2) is 57.5 Å². The van der Waals surface area contributed by atoms with Crippen molar-refractivity contribution in [3.05, 3.63) is 64.7 Å². The first kappa shape index (κ1) is 15.6. The summed E-state index contributed by atoms with van der Waals surface area (Å²) >= 11 is 3.29. The molecule has 2 heterocycles. The van der Waals surface area contributed by atoms with Gasteiger partial charge in [-0.25, -0.2) is 4.39 Å². The lowest BCUT2D eigenvalue weighted by molar-refractivity contribution is 0.356. The minimum atomic E-state index is -0.430. The SMILES string of the molecule is Fc1ccc(Br)cc1-c1noc(Cn2nnc(-c3ccccc3)n2)n1.